The summed E-state index contributed by atoms with van der Waals surface area (Å²) in [6.45, 7) is 4.81. The molecule has 0 bridgehead atoms. The lowest BCUT2D eigenvalue weighted by molar-refractivity contribution is -0.0511. The molecule has 0 heterocycles. The van der Waals surface area contributed by atoms with E-state index in [2.05, 4.69) is 31.3 Å². The van der Waals surface area contributed by atoms with E-state index in [0.29, 0.717) is 31.2 Å². The molecule has 0 unspecified atom stereocenters. The lowest BCUT2D eigenvalue weighted by Gasteiger charge is -2.37. The standard InChI is InChI=1S/C16H25NO2/c1-12(2)19-16-9-14(10-16)17-11-15(18)8-13-6-4-3-5-7-13/h3-7,12,14-18H,8-11H2,1-2H3/t14?,15-,16?/m1/s1. The molecule has 1 aliphatic rings. The highest BCUT2D eigenvalue weighted by molar-refractivity contribution is 5.15. The van der Waals surface area contributed by atoms with E-state index in [1.165, 1.54) is 5.56 Å². The Labute approximate surface area is 116 Å². The SMILES string of the molecule is CC(C)OC1CC(NC[C@H](O)Cc2ccccc2)C1. The van der Waals surface area contributed by atoms with Crippen molar-refractivity contribution in [2.75, 3.05) is 6.54 Å². The van der Waals surface area contributed by atoms with E-state index in [4.69, 9.17) is 4.74 Å². The van der Waals surface area contributed by atoms with Crippen LogP contribution in [0.1, 0.15) is 32.3 Å². The van der Waals surface area contributed by atoms with Crippen LogP contribution < -0.4 is 5.32 Å². The Kier molecular flexibility index (Phi) is 5.37. The average molecular weight is 263 g/mol. The van der Waals surface area contributed by atoms with Crippen molar-refractivity contribution < 1.29 is 9.84 Å². The van der Waals surface area contributed by atoms with Gasteiger partial charge in [-0.3, -0.25) is 0 Å². The molecule has 2 N–H and O–H groups in total. The second-order valence-electron chi connectivity index (χ2n) is 5.73. The topological polar surface area (TPSA) is 41.5 Å². The zero-order chi connectivity index (χ0) is 13.7. The summed E-state index contributed by atoms with van der Waals surface area (Å²) >= 11 is 0. The maximum absolute atomic E-state index is 9.99. The van der Waals surface area contributed by atoms with Gasteiger partial charge >= 0.3 is 0 Å². The minimum Gasteiger partial charge on any atom is -0.391 e. The van der Waals surface area contributed by atoms with E-state index in [1.807, 2.05) is 18.2 Å². The summed E-state index contributed by atoms with van der Waals surface area (Å²) in [7, 11) is 0. The van der Waals surface area contributed by atoms with Crippen molar-refractivity contribution >= 4 is 0 Å². The summed E-state index contributed by atoms with van der Waals surface area (Å²) in [5, 5.41) is 13.4. The van der Waals surface area contributed by atoms with Crippen LogP contribution in [-0.2, 0) is 11.2 Å². The molecule has 0 saturated heterocycles. The van der Waals surface area contributed by atoms with Crippen LogP contribution in [0.15, 0.2) is 30.3 Å². The molecular formula is C16H25NO2. The van der Waals surface area contributed by atoms with Crippen LogP contribution in [0.3, 0.4) is 0 Å². The molecule has 0 aromatic heterocycles. The van der Waals surface area contributed by atoms with Gasteiger partial charge < -0.3 is 15.2 Å². The molecule has 19 heavy (non-hydrogen) atoms. The number of aliphatic hydroxyl groups excluding tert-OH is 1. The monoisotopic (exact) mass is 263 g/mol. The van der Waals surface area contributed by atoms with E-state index in [9.17, 15) is 5.11 Å². The highest BCUT2D eigenvalue weighted by Crippen LogP contribution is 2.24. The summed E-state index contributed by atoms with van der Waals surface area (Å²) in [5.41, 5.74) is 1.19. The van der Waals surface area contributed by atoms with E-state index in [-0.39, 0.29) is 6.10 Å². The van der Waals surface area contributed by atoms with Gasteiger partial charge in [0.15, 0.2) is 0 Å². The fourth-order valence-corrected chi connectivity index (χ4v) is 2.49. The smallest absolute Gasteiger partial charge is 0.0704 e. The van der Waals surface area contributed by atoms with E-state index in [1.54, 1.807) is 0 Å². The lowest BCUT2D eigenvalue weighted by Crippen LogP contribution is -2.48. The maximum Gasteiger partial charge on any atom is 0.0704 e. The maximum atomic E-state index is 9.99. The van der Waals surface area contributed by atoms with Crippen LogP contribution in [0.25, 0.3) is 0 Å². The van der Waals surface area contributed by atoms with Gasteiger partial charge in [-0.05, 0) is 38.7 Å². The van der Waals surface area contributed by atoms with Crippen molar-refractivity contribution in [2.24, 2.45) is 0 Å². The van der Waals surface area contributed by atoms with E-state index in [0.717, 1.165) is 12.8 Å². The van der Waals surface area contributed by atoms with Crippen molar-refractivity contribution in [2.45, 2.75) is 57.5 Å². The summed E-state index contributed by atoms with van der Waals surface area (Å²) < 4.78 is 5.72. The zero-order valence-corrected chi connectivity index (χ0v) is 11.9. The van der Waals surface area contributed by atoms with Gasteiger partial charge in [0.25, 0.3) is 0 Å². The first-order chi connectivity index (χ1) is 9.13. The molecular weight excluding hydrogens is 238 g/mol. The summed E-state index contributed by atoms with van der Waals surface area (Å²) in [6.07, 6.45) is 3.25. The Morgan fingerprint density at radius 3 is 2.58 bits per heavy atom. The van der Waals surface area contributed by atoms with Crippen LogP contribution in [0.4, 0.5) is 0 Å². The third kappa shape index (κ3) is 4.94. The molecule has 106 valence electrons. The number of nitrogens with one attached hydrogen (secondary N) is 1. The second kappa shape index (κ2) is 7.04. The minimum atomic E-state index is -0.313. The van der Waals surface area contributed by atoms with Gasteiger partial charge in [0.05, 0.1) is 18.3 Å². The van der Waals surface area contributed by atoms with Gasteiger partial charge in [0, 0.05) is 12.6 Å². The van der Waals surface area contributed by atoms with Crippen LogP contribution in [-0.4, -0.2) is 36.0 Å². The molecule has 1 aromatic carbocycles. The van der Waals surface area contributed by atoms with Gasteiger partial charge in [-0.2, -0.15) is 0 Å². The third-order valence-electron chi connectivity index (χ3n) is 3.52. The number of hydrogen-bond acceptors (Lipinski definition) is 3. The Morgan fingerprint density at radius 1 is 1.26 bits per heavy atom. The van der Waals surface area contributed by atoms with E-state index < -0.39 is 0 Å². The fraction of sp³-hybridized carbons (Fsp3) is 0.625. The fourth-order valence-electron chi connectivity index (χ4n) is 2.49. The normalized spacial score (nSPS) is 24.2. The predicted molar refractivity (Wildman–Crippen MR) is 77.2 cm³/mol. The van der Waals surface area contributed by atoms with Gasteiger partial charge in [0.2, 0.25) is 0 Å². The van der Waals surface area contributed by atoms with Crippen molar-refractivity contribution in [3.05, 3.63) is 35.9 Å². The van der Waals surface area contributed by atoms with Crippen molar-refractivity contribution in [3.63, 3.8) is 0 Å². The van der Waals surface area contributed by atoms with Crippen molar-refractivity contribution in [1.82, 2.24) is 5.32 Å². The van der Waals surface area contributed by atoms with Crippen LogP contribution in [0.2, 0.25) is 0 Å². The Morgan fingerprint density at radius 2 is 1.95 bits per heavy atom. The predicted octanol–water partition coefficient (Wildman–Crippen LogP) is 2.14. The number of benzene rings is 1. The molecule has 1 fully saturated rings. The quantitative estimate of drug-likeness (QED) is 0.792. The molecule has 3 nitrogen and oxygen atoms in total. The first kappa shape index (κ1) is 14.5. The van der Waals surface area contributed by atoms with Gasteiger partial charge in [0.1, 0.15) is 0 Å². The highest BCUT2D eigenvalue weighted by Gasteiger charge is 2.30. The molecule has 0 amide bonds. The minimum absolute atomic E-state index is 0.313. The first-order valence-electron chi connectivity index (χ1n) is 7.24. The average Bonchev–Trinajstić information content (AvgIpc) is 2.32. The number of rotatable bonds is 7. The van der Waals surface area contributed by atoms with Gasteiger partial charge in [-0.15, -0.1) is 0 Å². The number of hydrogen-bond donors (Lipinski definition) is 2. The molecule has 1 aromatic rings. The van der Waals surface area contributed by atoms with Gasteiger partial charge in [-0.1, -0.05) is 30.3 Å². The molecule has 0 aliphatic heterocycles. The van der Waals surface area contributed by atoms with Crippen LogP contribution in [0, 0.1) is 0 Å². The molecule has 3 heteroatoms. The molecule has 0 spiro atoms. The summed E-state index contributed by atoms with van der Waals surface area (Å²) in [4.78, 5) is 0. The zero-order valence-electron chi connectivity index (χ0n) is 11.9. The summed E-state index contributed by atoms with van der Waals surface area (Å²) in [5.74, 6) is 0. The Hall–Kier alpha value is -0.900. The Bertz CT molecular complexity index is 360. The molecule has 1 atom stereocenters. The third-order valence-corrected chi connectivity index (χ3v) is 3.52. The number of aliphatic hydroxyl groups is 1. The largest absolute Gasteiger partial charge is 0.391 e. The lowest BCUT2D eigenvalue weighted by atomic mass is 9.89. The van der Waals surface area contributed by atoms with Gasteiger partial charge in [-0.25, -0.2) is 0 Å². The highest BCUT2D eigenvalue weighted by atomic mass is 16.5. The van der Waals surface area contributed by atoms with E-state index >= 15 is 0 Å². The van der Waals surface area contributed by atoms with Crippen LogP contribution >= 0.6 is 0 Å². The Balaban J connectivity index is 1.59. The molecule has 1 aliphatic carbocycles. The first-order valence-corrected chi connectivity index (χ1v) is 7.24. The molecule has 0 radical (unpaired) electrons. The van der Waals surface area contributed by atoms with Crippen LogP contribution in [0.5, 0.6) is 0 Å². The molecule has 1 saturated carbocycles. The molecule has 2 rings (SSSR count). The van der Waals surface area contributed by atoms with Crippen molar-refractivity contribution in [1.29, 1.82) is 0 Å². The second-order valence-corrected chi connectivity index (χ2v) is 5.73. The number of ether oxygens (including phenoxy) is 1. The van der Waals surface area contributed by atoms with Crippen molar-refractivity contribution in [3.8, 4) is 0 Å². The summed E-state index contributed by atoms with van der Waals surface area (Å²) in [6, 6.07) is 10.6.